The first kappa shape index (κ1) is 15.7. The van der Waals surface area contributed by atoms with Crippen LogP contribution in [0.15, 0.2) is 35.2 Å². The molecule has 6 heteroatoms. The topological polar surface area (TPSA) is 76.3 Å². The second-order valence-electron chi connectivity index (χ2n) is 5.30. The summed E-state index contributed by atoms with van der Waals surface area (Å²) in [7, 11) is -3.49. The summed E-state index contributed by atoms with van der Waals surface area (Å²) in [6.07, 6.45) is 0.781. The molecule has 2 aromatic rings. The third-order valence-electron chi connectivity index (χ3n) is 3.31. The van der Waals surface area contributed by atoms with Gasteiger partial charge in [0.1, 0.15) is 5.82 Å². The van der Waals surface area contributed by atoms with E-state index in [1.807, 2.05) is 20.8 Å². The monoisotopic (exact) mass is 307 g/mol. The number of pyridine rings is 1. The van der Waals surface area contributed by atoms with Gasteiger partial charge in [-0.1, -0.05) is 6.92 Å². The third kappa shape index (κ3) is 3.16. The summed E-state index contributed by atoms with van der Waals surface area (Å²) >= 11 is 0. The average molecular weight is 307 g/mol. The summed E-state index contributed by atoms with van der Waals surface area (Å²) in [4.78, 5) is 4.48. The lowest BCUT2D eigenvalue weighted by Crippen LogP contribution is -2.37. The highest BCUT2D eigenvalue weighted by Crippen LogP contribution is 2.23. The molecule has 0 fully saturated rings. The van der Waals surface area contributed by atoms with Gasteiger partial charge in [-0.2, -0.15) is 4.31 Å². The van der Waals surface area contributed by atoms with Gasteiger partial charge in [0.15, 0.2) is 0 Å². The molecule has 2 rings (SSSR count). The molecule has 21 heavy (non-hydrogen) atoms. The molecule has 1 heterocycles. The Morgan fingerprint density at radius 2 is 1.95 bits per heavy atom. The lowest BCUT2D eigenvalue weighted by Gasteiger charge is -2.25. The number of aromatic nitrogens is 1. The Bertz CT molecular complexity index is 742. The van der Waals surface area contributed by atoms with Crippen LogP contribution < -0.4 is 5.73 Å². The number of fused-ring (bicyclic) bond motifs is 1. The Balaban J connectivity index is 2.51. The number of rotatable bonds is 5. The molecule has 0 aliphatic rings. The Morgan fingerprint density at radius 1 is 1.24 bits per heavy atom. The van der Waals surface area contributed by atoms with Crippen molar-refractivity contribution in [3.8, 4) is 0 Å². The van der Waals surface area contributed by atoms with Gasteiger partial charge in [0, 0.05) is 18.0 Å². The molecule has 0 spiro atoms. The summed E-state index contributed by atoms with van der Waals surface area (Å²) in [6.45, 7) is 6.25. The molecule has 0 bridgehead atoms. The third-order valence-corrected chi connectivity index (χ3v) is 5.38. The van der Waals surface area contributed by atoms with Crippen molar-refractivity contribution in [1.82, 2.24) is 9.29 Å². The van der Waals surface area contributed by atoms with Crippen LogP contribution in [0.25, 0.3) is 10.9 Å². The first-order valence-corrected chi connectivity index (χ1v) is 8.48. The molecule has 1 aromatic carbocycles. The molecule has 2 N–H and O–H groups in total. The number of nitrogens with zero attached hydrogens (tertiary/aromatic N) is 2. The summed E-state index contributed by atoms with van der Waals surface area (Å²) in [5.74, 6) is 0.424. The molecule has 0 saturated heterocycles. The normalized spacial score (nSPS) is 12.4. The van der Waals surface area contributed by atoms with E-state index < -0.39 is 10.0 Å². The first-order chi connectivity index (χ1) is 9.86. The maximum atomic E-state index is 12.8. The van der Waals surface area contributed by atoms with Crippen LogP contribution >= 0.6 is 0 Å². The Kier molecular flexibility index (Phi) is 4.49. The molecule has 0 aliphatic carbocycles. The molecule has 1 aromatic heterocycles. The fourth-order valence-corrected chi connectivity index (χ4v) is 4.06. The summed E-state index contributed by atoms with van der Waals surface area (Å²) in [5, 5.41) is 0.769. The molecule has 5 nitrogen and oxygen atoms in total. The molecule has 0 amide bonds. The van der Waals surface area contributed by atoms with Gasteiger partial charge in [-0.25, -0.2) is 13.4 Å². The second kappa shape index (κ2) is 5.99. The van der Waals surface area contributed by atoms with Crippen LogP contribution in [0.5, 0.6) is 0 Å². The van der Waals surface area contributed by atoms with Crippen molar-refractivity contribution in [2.24, 2.45) is 0 Å². The number of hydrogen-bond acceptors (Lipinski definition) is 4. The average Bonchev–Trinajstić information content (AvgIpc) is 2.43. The Morgan fingerprint density at radius 3 is 2.57 bits per heavy atom. The molecule has 114 valence electrons. The van der Waals surface area contributed by atoms with E-state index in [1.165, 1.54) is 4.31 Å². The highest BCUT2D eigenvalue weighted by molar-refractivity contribution is 7.89. The van der Waals surface area contributed by atoms with E-state index >= 15 is 0 Å². The molecule has 0 atom stereocenters. The van der Waals surface area contributed by atoms with Gasteiger partial charge >= 0.3 is 0 Å². The van der Waals surface area contributed by atoms with Crippen LogP contribution in [0.2, 0.25) is 0 Å². The number of nitrogens with two attached hydrogens (primary N) is 1. The lowest BCUT2D eigenvalue weighted by atomic mass is 10.2. The van der Waals surface area contributed by atoms with Gasteiger partial charge in [0.2, 0.25) is 10.0 Å². The zero-order valence-electron chi connectivity index (χ0n) is 12.6. The molecule has 0 radical (unpaired) electrons. The maximum absolute atomic E-state index is 12.8. The molecular formula is C15H21N3O2S. The van der Waals surface area contributed by atoms with E-state index in [1.54, 1.807) is 30.3 Å². The van der Waals surface area contributed by atoms with Crippen LogP contribution in [0.1, 0.15) is 27.2 Å². The van der Waals surface area contributed by atoms with Gasteiger partial charge < -0.3 is 5.73 Å². The summed E-state index contributed by atoms with van der Waals surface area (Å²) in [6, 6.07) is 8.33. The van der Waals surface area contributed by atoms with E-state index in [9.17, 15) is 8.42 Å². The molecular weight excluding hydrogens is 286 g/mol. The SMILES string of the molecule is CCCN(C(C)C)S(=O)(=O)c1ccc2nc(N)ccc2c1. The van der Waals surface area contributed by atoms with Gasteiger partial charge in [-0.3, -0.25) is 0 Å². The highest BCUT2D eigenvalue weighted by Gasteiger charge is 2.26. The smallest absolute Gasteiger partial charge is 0.243 e. The van der Waals surface area contributed by atoms with E-state index in [0.29, 0.717) is 22.8 Å². The fraction of sp³-hybridized carbons (Fsp3) is 0.400. The van der Waals surface area contributed by atoms with Gasteiger partial charge in [0.25, 0.3) is 0 Å². The van der Waals surface area contributed by atoms with Crippen molar-refractivity contribution >= 4 is 26.7 Å². The van der Waals surface area contributed by atoms with Crippen LogP contribution in [0, 0.1) is 0 Å². The zero-order valence-corrected chi connectivity index (χ0v) is 13.4. The summed E-state index contributed by atoms with van der Waals surface area (Å²) < 4.78 is 27.0. The Hall–Kier alpha value is -1.66. The Labute approximate surface area is 125 Å². The van der Waals surface area contributed by atoms with Crippen molar-refractivity contribution in [1.29, 1.82) is 0 Å². The van der Waals surface area contributed by atoms with Crippen molar-refractivity contribution in [2.45, 2.75) is 38.1 Å². The van der Waals surface area contributed by atoms with E-state index in [2.05, 4.69) is 4.98 Å². The zero-order chi connectivity index (χ0) is 15.6. The minimum absolute atomic E-state index is 0.0739. The van der Waals surface area contributed by atoms with Crippen molar-refractivity contribution in [3.05, 3.63) is 30.3 Å². The number of nitrogen functional groups attached to an aromatic ring is 1. The number of sulfonamides is 1. The number of anilines is 1. The van der Waals surface area contributed by atoms with E-state index in [0.717, 1.165) is 11.8 Å². The fourth-order valence-electron chi connectivity index (χ4n) is 2.29. The van der Waals surface area contributed by atoms with Gasteiger partial charge in [0.05, 0.1) is 10.4 Å². The number of hydrogen-bond donors (Lipinski definition) is 1. The minimum Gasteiger partial charge on any atom is -0.384 e. The van der Waals surface area contributed by atoms with Gasteiger partial charge in [-0.15, -0.1) is 0 Å². The highest BCUT2D eigenvalue weighted by atomic mass is 32.2. The molecule has 0 aliphatic heterocycles. The van der Waals surface area contributed by atoms with E-state index in [-0.39, 0.29) is 6.04 Å². The van der Waals surface area contributed by atoms with Crippen LogP contribution in [0.4, 0.5) is 5.82 Å². The van der Waals surface area contributed by atoms with Crippen LogP contribution in [-0.4, -0.2) is 30.3 Å². The predicted molar refractivity (Wildman–Crippen MR) is 85.5 cm³/mol. The van der Waals surface area contributed by atoms with Crippen molar-refractivity contribution in [3.63, 3.8) is 0 Å². The van der Waals surface area contributed by atoms with Crippen LogP contribution in [0.3, 0.4) is 0 Å². The molecule has 0 saturated carbocycles. The lowest BCUT2D eigenvalue weighted by molar-refractivity contribution is 0.354. The predicted octanol–water partition coefficient (Wildman–Crippen LogP) is 2.63. The largest absolute Gasteiger partial charge is 0.384 e. The number of benzene rings is 1. The van der Waals surface area contributed by atoms with E-state index in [4.69, 9.17) is 5.73 Å². The second-order valence-corrected chi connectivity index (χ2v) is 7.19. The van der Waals surface area contributed by atoms with Crippen molar-refractivity contribution < 1.29 is 8.42 Å². The maximum Gasteiger partial charge on any atom is 0.243 e. The van der Waals surface area contributed by atoms with Crippen molar-refractivity contribution in [2.75, 3.05) is 12.3 Å². The van der Waals surface area contributed by atoms with Crippen LogP contribution in [-0.2, 0) is 10.0 Å². The summed E-state index contributed by atoms with van der Waals surface area (Å²) in [5.41, 5.74) is 6.33. The minimum atomic E-state index is -3.49. The quantitative estimate of drug-likeness (QED) is 0.921. The van der Waals surface area contributed by atoms with Gasteiger partial charge in [-0.05, 0) is 50.6 Å². The standard InChI is InChI=1S/C15H21N3O2S/c1-4-9-18(11(2)3)21(19,20)13-6-7-14-12(10-13)5-8-15(16)17-14/h5-8,10-11H,4,9H2,1-3H3,(H2,16,17). The molecule has 0 unspecified atom stereocenters. The first-order valence-electron chi connectivity index (χ1n) is 7.04.